The topological polar surface area (TPSA) is 61.3 Å². The molecule has 0 aliphatic carbocycles. The summed E-state index contributed by atoms with van der Waals surface area (Å²) in [5.74, 6) is 1.79. The third kappa shape index (κ3) is 5.13. The van der Waals surface area contributed by atoms with Gasteiger partial charge in [0.1, 0.15) is 5.75 Å². The van der Waals surface area contributed by atoms with Gasteiger partial charge >= 0.3 is 0 Å². The van der Waals surface area contributed by atoms with E-state index in [1.165, 1.54) is 5.56 Å². The quantitative estimate of drug-likeness (QED) is 0.771. The van der Waals surface area contributed by atoms with Crippen LogP contribution < -0.4 is 16.2 Å². The van der Waals surface area contributed by atoms with E-state index in [1.54, 1.807) is 0 Å². The zero-order valence-corrected chi connectivity index (χ0v) is 13.4. The van der Waals surface area contributed by atoms with E-state index in [0.717, 1.165) is 29.7 Å². The Bertz CT molecular complexity index is 380. The maximum Gasteiger partial charge on any atom is 0.122 e. The highest BCUT2D eigenvalue weighted by atomic mass is 79.9. The average Bonchev–Trinajstić information content (AvgIpc) is 2.39. The standard InChI is InChI=1S/C15H25BrN2O/c1-3-6-19-15-5-4-14(16)8-12(15)7-11(2)13(9-17)10-18/h4-5,8,11,13H,3,6-7,9-10,17-18H2,1-2H3. The summed E-state index contributed by atoms with van der Waals surface area (Å²) in [6.45, 7) is 6.34. The predicted octanol–water partition coefficient (Wildman–Crippen LogP) is 2.95. The molecule has 1 aromatic rings. The minimum Gasteiger partial charge on any atom is -0.493 e. The van der Waals surface area contributed by atoms with E-state index < -0.39 is 0 Å². The monoisotopic (exact) mass is 328 g/mol. The van der Waals surface area contributed by atoms with Crippen LogP contribution in [0.4, 0.5) is 0 Å². The zero-order valence-electron chi connectivity index (χ0n) is 11.9. The zero-order chi connectivity index (χ0) is 14.3. The van der Waals surface area contributed by atoms with Gasteiger partial charge < -0.3 is 16.2 Å². The van der Waals surface area contributed by atoms with Crippen molar-refractivity contribution < 1.29 is 4.74 Å². The Morgan fingerprint density at radius 3 is 2.53 bits per heavy atom. The van der Waals surface area contributed by atoms with Crippen LogP contribution >= 0.6 is 15.9 Å². The van der Waals surface area contributed by atoms with Crippen molar-refractivity contribution in [3.05, 3.63) is 28.2 Å². The molecule has 0 aromatic heterocycles. The summed E-state index contributed by atoms with van der Waals surface area (Å²) in [6.07, 6.45) is 1.96. The summed E-state index contributed by atoms with van der Waals surface area (Å²) >= 11 is 3.52. The number of nitrogens with two attached hydrogens (primary N) is 2. The van der Waals surface area contributed by atoms with E-state index in [1.807, 2.05) is 12.1 Å². The molecule has 1 unspecified atom stereocenters. The van der Waals surface area contributed by atoms with E-state index in [2.05, 4.69) is 35.8 Å². The fourth-order valence-electron chi connectivity index (χ4n) is 2.13. The Hall–Kier alpha value is -0.580. The molecule has 3 nitrogen and oxygen atoms in total. The minimum absolute atomic E-state index is 0.359. The summed E-state index contributed by atoms with van der Waals surface area (Å²) in [7, 11) is 0. The summed E-state index contributed by atoms with van der Waals surface area (Å²) in [5.41, 5.74) is 12.8. The van der Waals surface area contributed by atoms with Crippen LogP contribution in [-0.2, 0) is 6.42 Å². The Kier molecular flexibility index (Phi) is 7.42. The highest BCUT2D eigenvalue weighted by Gasteiger charge is 2.17. The highest BCUT2D eigenvalue weighted by molar-refractivity contribution is 9.10. The number of hydrogen-bond donors (Lipinski definition) is 2. The van der Waals surface area contributed by atoms with Gasteiger partial charge in [-0.1, -0.05) is 29.8 Å². The number of ether oxygens (including phenoxy) is 1. The molecule has 19 heavy (non-hydrogen) atoms. The molecular weight excluding hydrogens is 304 g/mol. The highest BCUT2D eigenvalue weighted by Crippen LogP contribution is 2.27. The van der Waals surface area contributed by atoms with Crippen molar-refractivity contribution in [1.29, 1.82) is 0 Å². The third-order valence-electron chi connectivity index (χ3n) is 3.44. The number of hydrogen-bond acceptors (Lipinski definition) is 3. The van der Waals surface area contributed by atoms with Crippen molar-refractivity contribution in [3.8, 4) is 5.75 Å². The third-order valence-corrected chi connectivity index (χ3v) is 3.93. The van der Waals surface area contributed by atoms with Gasteiger partial charge in [0.25, 0.3) is 0 Å². The van der Waals surface area contributed by atoms with Gasteiger partial charge in [-0.3, -0.25) is 0 Å². The largest absolute Gasteiger partial charge is 0.493 e. The molecule has 4 N–H and O–H groups in total. The normalized spacial score (nSPS) is 12.7. The first kappa shape index (κ1) is 16.5. The van der Waals surface area contributed by atoms with E-state index in [9.17, 15) is 0 Å². The van der Waals surface area contributed by atoms with Crippen LogP contribution in [0, 0.1) is 11.8 Å². The molecule has 0 saturated heterocycles. The Labute approximate surface area is 124 Å². The van der Waals surface area contributed by atoms with Crippen LogP contribution in [0.2, 0.25) is 0 Å². The van der Waals surface area contributed by atoms with E-state index >= 15 is 0 Å². The molecule has 0 bridgehead atoms. The maximum atomic E-state index is 5.81. The van der Waals surface area contributed by atoms with Gasteiger partial charge in [-0.15, -0.1) is 0 Å². The Morgan fingerprint density at radius 1 is 1.26 bits per heavy atom. The molecule has 0 radical (unpaired) electrons. The van der Waals surface area contributed by atoms with Crippen LogP contribution in [0.25, 0.3) is 0 Å². The lowest BCUT2D eigenvalue weighted by Crippen LogP contribution is -2.30. The van der Waals surface area contributed by atoms with Crippen molar-refractivity contribution >= 4 is 15.9 Å². The molecule has 0 fully saturated rings. The lowest BCUT2D eigenvalue weighted by molar-refractivity contribution is 0.307. The molecule has 4 heteroatoms. The number of rotatable bonds is 8. The van der Waals surface area contributed by atoms with E-state index in [4.69, 9.17) is 16.2 Å². The Morgan fingerprint density at radius 2 is 1.95 bits per heavy atom. The second-order valence-electron chi connectivity index (χ2n) is 5.01. The van der Waals surface area contributed by atoms with Gasteiger partial charge in [0.2, 0.25) is 0 Å². The lowest BCUT2D eigenvalue weighted by atomic mass is 9.88. The van der Waals surface area contributed by atoms with Crippen LogP contribution in [-0.4, -0.2) is 19.7 Å². The van der Waals surface area contributed by atoms with Gasteiger partial charge in [0, 0.05) is 4.47 Å². The van der Waals surface area contributed by atoms with Gasteiger partial charge in [-0.25, -0.2) is 0 Å². The molecule has 0 saturated carbocycles. The molecule has 1 aromatic carbocycles. The number of halogens is 1. The lowest BCUT2D eigenvalue weighted by Gasteiger charge is -2.22. The maximum absolute atomic E-state index is 5.81. The van der Waals surface area contributed by atoms with Crippen LogP contribution in [0.1, 0.15) is 25.8 Å². The summed E-state index contributed by atoms with van der Waals surface area (Å²) in [4.78, 5) is 0. The fourth-order valence-corrected chi connectivity index (χ4v) is 2.54. The van der Waals surface area contributed by atoms with Gasteiger partial charge in [-0.2, -0.15) is 0 Å². The number of benzene rings is 1. The van der Waals surface area contributed by atoms with Gasteiger partial charge in [0.05, 0.1) is 6.61 Å². The predicted molar refractivity (Wildman–Crippen MR) is 84.4 cm³/mol. The summed E-state index contributed by atoms with van der Waals surface area (Å²) < 4.78 is 6.89. The van der Waals surface area contributed by atoms with E-state index in [-0.39, 0.29) is 0 Å². The fraction of sp³-hybridized carbons (Fsp3) is 0.600. The molecule has 1 atom stereocenters. The van der Waals surface area contributed by atoms with Crippen molar-refractivity contribution in [2.45, 2.75) is 26.7 Å². The van der Waals surface area contributed by atoms with Gasteiger partial charge in [0.15, 0.2) is 0 Å². The summed E-state index contributed by atoms with van der Waals surface area (Å²) in [5, 5.41) is 0. The first-order valence-corrected chi connectivity index (χ1v) is 7.73. The second-order valence-corrected chi connectivity index (χ2v) is 5.93. The molecule has 1 rings (SSSR count). The average molecular weight is 329 g/mol. The first-order valence-electron chi connectivity index (χ1n) is 6.93. The first-order chi connectivity index (χ1) is 9.12. The molecule has 0 aliphatic rings. The van der Waals surface area contributed by atoms with Crippen LogP contribution in [0.3, 0.4) is 0 Å². The molecule has 0 aliphatic heterocycles. The molecule has 0 heterocycles. The summed E-state index contributed by atoms with van der Waals surface area (Å²) in [6, 6.07) is 6.18. The van der Waals surface area contributed by atoms with Crippen LogP contribution in [0.15, 0.2) is 22.7 Å². The van der Waals surface area contributed by atoms with E-state index in [0.29, 0.717) is 24.9 Å². The molecule has 0 spiro atoms. The second kappa shape index (κ2) is 8.56. The van der Waals surface area contributed by atoms with Crippen molar-refractivity contribution in [1.82, 2.24) is 0 Å². The Balaban J connectivity index is 2.82. The van der Waals surface area contributed by atoms with Crippen molar-refractivity contribution in [2.75, 3.05) is 19.7 Å². The smallest absolute Gasteiger partial charge is 0.122 e. The van der Waals surface area contributed by atoms with Crippen LogP contribution in [0.5, 0.6) is 5.75 Å². The van der Waals surface area contributed by atoms with Crippen molar-refractivity contribution in [2.24, 2.45) is 23.3 Å². The molecular formula is C15H25BrN2O. The molecule has 0 amide bonds. The molecule has 108 valence electrons. The van der Waals surface area contributed by atoms with Gasteiger partial charge in [-0.05, 0) is 61.5 Å². The minimum atomic E-state index is 0.359. The SMILES string of the molecule is CCCOc1ccc(Br)cc1CC(C)C(CN)CN. The van der Waals surface area contributed by atoms with Crippen molar-refractivity contribution in [3.63, 3.8) is 0 Å².